The molecule has 0 aliphatic rings. The average Bonchev–Trinajstić information content (AvgIpc) is 3.17. The van der Waals surface area contributed by atoms with E-state index in [1.54, 1.807) is 18.4 Å². The van der Waals surface area contributed by atoms with Gasteiger partial charge in [0, 0.05) is 16.7 Å². The number of rotatable bonds is 8. The number of carbonyl (C=O) groups excluding carboxylic acids is 1. The first kappa shape index (κ1) is 22.0. The highest BCUT2D eigenvalue weighted by molar-refractivity contribution is 14.1. The van der Waals surface area contributed by atoms with Gasteiger partial charge in [0.15, 0.2) is 5.13 Å². The molecule has 0 unspecified atom stereocenters. The van der Waals surface area contributed by atoms with Crippen molar-refractivity contribution in [3.63, 3.8) is 0 Å². The molecular weight excluding hydrogens is 497 g/mol. The Hall–Kier alpha value is -1.71. The minimum atomic E-state index is -0.0159. The summed E-state index contributed by atoms with van der Waals surface area (Å²) < 4.78 is 7.50. The Labute approximate surface area is 189 Å². The molecular formula is C22H26IN3O2S. The molecule has 3 aromatic rings. The van der Waals surface area contributed by atoms with E-state index in [1.165, 1.54) is 0 Å². The number of amides is 1. The topological polar surface area (TPSA) is 45.7 Å². The zero-order valence-electron chi connectivity index (χ0n) is 17.2. The number of methoxy groups -OCH3 is 1. The minimum Gasteiger partial charge on any atom is -0.494 e. The van der Waals surface area contributed by atoms with Gasteiger partial charge in [-0.3, -0.25) is 9.69 Å². The van der Waals surface area contributed by atoms with Gasteiger partial charge in [0.2, 0.25) is 0 Å². The monoisotopic (exact) mass is 523 g/mol. The van der Waals surface area contributed by atoms with Crippen LogP contribution in [0.25, 0.3) is 10.2 Å². The van der Waals surface area contributed by atoms with Crippen LogP contribution in [0.2, 0.25) is 0 Å². The molecule has 7 heteroatoms. The Morgan fingerprint density at radius 2 is 1.86 bits per heavy atom. The van der Waals surface area contributed by atoms with Crippen molar-refractivity contribution in [2.24, 2.45) is 0 Å². The van der Waals surface area contributed by atoms with Crippen LogP contribution in [-0.2, 0) is 0 Å². The molecule has 0 saturated heterocycles. The molecule has 154 valence electrons. The highest BCUT2D eigenvalue weighted by atomic mass is 127. The number of nitrogens with zero attached hydrogens (tertiary/aromatic N) is 3. The summed E-state index contributed by atoms with van der Waals surface area (Å²) >= 11 is 3.77. The molecule has 1 amide bonds. The van der Waals surface area contributed by atoms with E-state index in [2.05, 4.69) is 48.3 Å². The zero-order valence-corrected chi connectivity index (χ0v) is 20.2. The summed E-state index contributed by atoms with van der Waals surface area (Å²) in [5.74, 6) is 0.719. The number of carbonyl (C=O) groups is 1. The Kier molecular flexibility index (Phi) is 7.48. The number of likely N-dealkylation sites (N-methyl/N-ethyl adjacent to an activating group) is 1. The van der Waals surface area contributed by atoms with E-state index >= 15 is 0 Å². The lowest BCUT2D eigenvalue weighted by Gasteiger charge is -2.25. The van der Waals surface area contributed by atoms with Crippen molar-refractivity contribution in [2.75, 3.05) is 38.2 Å². The molecule has 2 aromatic carbocycles. The number of benzene rings is 2. The maximum atomic E-state index is 13.5. The molecule has 0 atom stereocenters. The first-order chi connectivity index (χ1) is 14.0. The fraction of sp³-hybridized carbons (Fsp3) is 0.364. The summed E-state index contributed by atoms with van der Waals surface area (Å²) in [6.07, 6.45) is 0. The summed E-state index contributed by atoms with van der Waals surface area (Å²) in [5.41, 5.74) is 2.65. The highest BCUT2D eigenvalue weighted by Gasteiger charge is 2.24. The molecule has 0 fully saturated rings. The van der Waals surface area contributed by atoms with Crippen LogP contribution in [0.3, 0.4) is 0 Å². The van der Waals surface area contributed by atoms with Crippen molar-refractivity contribution < 1.29 is 9.53 Å². The summed E-state index contributed by atoms with van der Waals surface area (Å²) in [6, 6.07) is 11.7. The lowest BCUT2D eigenvalue weighted by molar-refractivity contribution is 0.0983. The predicted octanol–water partition coefficient (Wildman–Crippen LogP) is 5.21. The maximum absolute atomic E-state index is 13.5. The Balaban J connectivity index is 2.05. The third-order valence-electron chi connectivity index (χ3n) is 5.03. The summed E-state index contributed by atoms with van der Waals surface area (Å²) in [5, 5.41) is 0.712. The molecule has 0 radical (unpaired) electrons. The lowest BCUT2D eigenvalue weighted by atomic mass is 10.2. The normalized spacial score (nSPS) is 11.2. The van der Waals surface area contributed by atoms with E-state index in [4.69, 9.17) is 9.72 Å². The van der Waals surface area contributed by atoms with Gasteiger partial charge < -0.3 is 9.64 Å². The number of fused-ring (bicyclic) bond motifs is 1. The van der Waals surface area contributed by atoms with E-state index in [9.17, 15) is 4.79 Å². The van der Waals surface area contributed by atoms with Gasteiger partial charge >= 0.3 is 0 Å². The fourth-order valence-electron chi connectivity index (χ4n) is 3.22. The van der Waals surface area contributed by atoms with Gasteiger partial charge in [-0.15, -0.1) is 0 Å². The Bertz CT molecular complexity index is 1000. The zero-order chi connectivity index (χ0) is 21.0. The first-order valence-electron chi connectivity index (χ1n) is 9.73. The largest absolute Gasteiger partial charge is 0.494 e. The molecule has 0 spiro atoms. The van der Waals surface area contributed by atoms with Crippen molar-refractivity contribution in [1.29, 1.82) is 0 Å². The SMILES string of the molecule is CCN(CC)CCN(C(=O)c1ccccc1I)c1nc2c(OC)ccc(C)c2s1. The quantitative estimate of drug-likeness (QED) is 0.381. The van der Waals surface area contributed by atoms with Crippen molar-refractivity contribution in [3.8, 4) is 5.75 Å². The Morgan fingerprint density at radius 3 is 2.52 bits per heavy atom. The Morgan fingerprint density at radius 1 is 1.14 bits per heavy atom. The number of halogens is 1. The van der Waals surface area contributed by atoms with Gasteiger partial charge in [-0.1, -0.05) is 43.4 Å². The van der Waals surface area contributed by atoms with Crippen molar-refractivity contribution in [2.45, 2.75) is 20.8 Å². The number of aryl methyl sites for hydroxylation is 1. The standard InChI is InChI=1S/C22H26IN3O2S/c1-5-25(6-2)13-14-26(21(27)16-9-7-8-10-17(16)23)22-24-19-18(28-4)12-11-15(3)20(19)29-22/h7-12H,5-6,13-14H2,1-4H3. The highest BCUT2D eigenvalue weighted by Crippen LogP contribution is 2.37. The smallest absolute Gasteiger partial charge is 0.261 e. The van der Waals surface area contributed by atoms with Crippen LogP contribution in [-0.4, -0.2) is 49.1 Å². The maximum Gasteiger partial charge on any atom is 0.261 e. The van der Waals surface area contributed by atoms with Gasteiger partial charge in [-0.2, -0.15) is 0 Å². The number of thiazole rings is 1. The summed E-state index contributed by atoms with van der Waals surface area (Å²) in [7, 11) is 1.65. The fourth-order valence-corrected chi connectivity index (χ4v) is 4.92. The van der Waals surface area contributed by atoms with Crippen LogP contribution in [0.4, 0.5) is 5.13 Å². The molecule has 1 heterocycles. The predicted molar refractivity (Wildman–Crippen MR) is 130 cm³/mol. The summed E-state index contributed by atoms with van der Waals surface area (Å²) in [6.45, 7) is 9.64. The second-order valence-corrected chi connectivity index (χ2v) is 8.86. The van der Waals surface area contributed by atoms with Gasteiger partial charge in [-0.05, 0) is 66.4 Å². The van der Waals surface area contributed by atoms with E-state index in [0.29, 0.717) is 17.2 Å². The number of ether oxygens (including phenoxy) is 1. The molecule has 0 N–H and O–H groups in total. The third-order valence-corrected chi connectivity index (χ3v) is 7.18. The summed E-state index contributed by atoms with van der Waals surface area (Å²) in [4.78, 5) is 22.5. The second kappa shape index (κ2) is 9.86. The second-order valence-electron chi connectivity index (χ2n) is 6.72. The molecule has 0 aliphatic carbocycles. The van der Waals surface area contributed by atoms with Gasteiger partial charge in [0.1, 0.15) is 11.3 Å². The van der Waals surface area contributed by atoms with Crippen LogP contribution in [0.1, 0.15) is 29.8 Å². The van der Waals surface area contributed by atoms with Crippen LogP contribution in [0.15, 0.2) is 36.4 Å². The molecule has 29 heavy (non-hydrogen) atoms. The first-order valence-corrected chi connectivity index (χ1v) is 11.6. The molecule has 3 rings (SSSR count). The van der Waals surface area contributed by atoms with Crippen LogP contribution < -0.4 is 9.64 Å². The van der Waals surface area contributed by atoms with Crippen LogP contribution in [0, 0.1) is 10.5 Å². The van der Waals surface area contributed by atoms with E-state index < -0.39 is 0 Å². The van der Waals surface area contributed by atoms with Crippen LogP contribution >= 0.6 is 33.9 Å². The number of hydrogen-bond acceptors (Lipinski definition) is 5. The molecule has 0 saturated carbocycles. The van der Waals surface area contributed by atoms with E-state index in [-0.39, 0.29) is 5.91 Å². The number of hydrogen-bond donors (Lipinski definition) is 0. The van der Waals surface area contributed by atoms with Crippen LogP contribution in [0.5, 0.6) is 5.75 Å². The average molecular weight is 523 g/mol. The van der Waals surface area contributed by atoms with Crippen molar-refractivity contribution in [3.05, 3.63) is 51.1 Å². The van der Waals surface area contributed by atoms with E-state index in [0.717, 1.165) is 44.7 Å². The van der Waals surface area contributed by atoms with Gasteiger partial charge in [-0.25, -0.2) is 4.98 Å². The third kappa shape index (κ3) is 4.73. The molecule has 0 aliphatic heterocycles. The number of aromatic nitrogens is 1. The van der Waals surface area contributed by atoms with Gasteiger partial charge in [0.25, 0.3) is 5.91 Å². The molecule has 1 aromatic heterocycles. The molecule has 0 bridgehead atoms. The van der Waals surface area contributed by atoms with Crippen molar-refractivity contribution in [1.82, 2.24) is 9.88 Å². The van der Waals surface area contributed by atoms with Gasteiger partial charge in [0.05, 0.1) is 17.4 Å². The minimum absolute atomic E-state index is 0.0159. The molecule has 5 nitrogen and oxygen atoms in total. The number of anilines is 1. The lowest BCUT2D eigenvalue weighted by Crippen LogP contribution is -2.39. The van der Waals surface area contributed by atoms with Crippen molar-refractivity contribution >= 4 is 55.2 Å². The van der Waals surface area contributed by atoms with E-state index in [1.807, 2.05) is 41.3 Å².